The predicted molar refractivity (Wildman–Crippen MR) is 153 cm³/mol. The third-order valence-corrected chi connectivity index (χ3v) is 7.61. The van der Waals surface area contributed by atoms with Crippen molar-refractivity contribution in [2.24, 2.45) is 0 Å². The molecular formula is C29H23Cl2N5O4. The van der Waals surface area contributed by atoms with Gasteiger partial charge in [0.25, 0.3) is 11.5 Å². The molecule has 1 aliphatic heterocycles. The number of rotatable bonds is 6. The third kappa shape index (κ3) is 4.89. The number of ether oxygens (including phenoxy) is 1. The van der Waals surface area contributed by atoms with Gasteiger partial charge in [-0.25, -0.2) is 14.5 Å². The van der Waals surface area contributed by atoms with E-state index in [0.29, 0.717) is 69.1 Å². The van der Waals surface area contributed by atoms with Crippen molar-refractivity contribution in [1.29, 1.82) is 0 Å². The summed E-state index contributed by atoms with van der Waals surface area (Å²) in [5.74, 6) is 0.889. The number of oxazole rings is 1. The summed E-state index contributed by atoms with van der Waals surface area (Å²) in [5, 5.41) is 4.00. The van der Waals surface area contributed by atoms with Crippen LogP contribution in [0.5, 0.6) is 5.75 Å². The Labute approximate surface area is 238 Å². The minimum Gasteiger partial charge on any atom is -0.497 e. The first kappa shape index (κ1) is 25.9. The minimum absolute atomic E-state index is 0.183. The molecule has 202 valence electrons. The van der Waals surface area contributed by atoms with Crippen molar-refractivity contribution in [3.05, 3.63) is 110 Å². The molecule has 2 aromatic heterocycles. The lowest BCUT2D eigenvalue weighted by Gasteiger charge is -2.29. The molecule has 6 rings (SSSR count). The van der Waals surface area contributed by atoms with E-state index in [1.807, 2.05) is 30.3 Å². The summed E-state index contributed by atoms with van der Waals surface area (Å²) in [4.78, 5) is 37.9. The number of hydrogen-bond donors (Lipinski definition) is 1. The molecule has 9 nitrogen and oxygen atoms in total. The maximum atomic E-state index is 13.9. The van der Waals surface area contributed by atoms with Gasteiger partial charge in [-0.15, -0.1) is 0 Å². The van der Waals surface area contributed by atoms with Crippen LogP contribution in [0.1, 0.15) is 27.2 Å². The Kier molecular flexibility index (Phi) is 6.91. The van der Waals surface area contributed by atoms with Gasteiger partial charge < -0.3 is 19.4 Å². The topological polar surface area (TPSA) is 102 Å². The van der Waals surface area contributed by atoms with E-state index in [1.165, 1.54) is 6.39 Å². The van der Waals surface area contributed by atoms with Crippen LogP contribution in [0.3, 0.4) is 0 Å². The monoisotopic (exact) mass is 575 g/mol. The zero-order chi connectivity index (χ0) is 27.8. The Morgan fingerprint density at radius 1 is 1.07 bits per heavy atom. The second-order valence-electron chi connectivity index (χ2n) is 9.31. The molecule has 0 saturated heterocycles. The van der Waals surface area contributed by atoms with Crippen LogP contribution in [-0.2, 0) is 19.5 Å². The van der Waals surface area contributed by atoms with Crippen molar-refractivity contribution in [2.75, 3.05) is 19.0 Å². The van der Waals surface area contributed by atoms with E-state index in [1.54, 1.807) is 46.9 Å². The summed E-state index contributed by atoms with van der Waals surface area (Å²) < 4.78 is 12.3. The van der Waals surface area contributed by atoms with Crippen LogP contribution in [0.25, 0.3) is 16.8 Å². The highest BCUT2D eigenvalue weighted by atomic mass is 35.5. The largest absolute Gasteiger partial charge is 0.497 e. The standard InChI is InChI=1S/C29H23Cl2N5O4/c1-39-20-6-2-17(3-7-20)14-32-29-34-25-15-35(27(37)18-4-8-22(30)23(31)12-18)11-10-21(25)28(38)36(29)19-5-9-24-26(13-19)40-16-33-24/h2-9,12-13,16H,10-11,14-15H2,1H3,(H,32,34). The fourth-order valence-corrected chi connectivity index (χ4v) is 5.04. The number of halogens is 2. The van der Waals surface area contributed by atoms with Crippen molar-refractivity contribution in [2.45, 2.75) is 19.5 Å². The van der Waals surface area contributed by atoms with E-state index < -0.39 is 0 Å². The molecule has 0 unspecified atom stereocenters. The molecule has 3 aromatic carbocycles. The van der Waals surface area contributed by atoms with E-state index in [4.69, 9.17) is 37.3 Å². The number of carbonyl (C=O) groups is 1. The molecule has 40 heavy (non-hydrogen) atoms. The fourth-order valence-electron chi connectivity index (χ4n) is 4.74. The number of methoxy groups -OCH3 is 1. The number of aromatic nitrogens is 3. The van der Waals surface area contributed by atoms with Gasteiger partial charge in [0.1, 0.15) is 11.3 Å². The lowest BCUT2D eigenvalue weighted by atomic mass is 10.0. The van der Waals surface area contributed by atoms with Gasteiger partial charge in [0.15, 0.2) is 12.0 Å². The van der Waals surface area contributed by atoms with Crippen LogP contribution >= 0.6 is 23.2 Å². The smallest absolute Gasteiger partial charge is 0.263 e. The highest BCUT2D eigenvalue weighted by Crippen LogP contribution is 2.26. The average molecular weight is 576 g/mol. The molecule has 5 aromatic rings. The van der Waals surface area contributed by atoms with Crippen molar-refractivity contribution in [1.82, 2.24) is 19.4 Å². The first-order valence-electron chi connectivity index (χ1n) is 12.5. The third-order valence-electron chi connectivity index (χ3n) is 6.87. The Morgan fingerprint density at radius 3 is 2.67 bits per heavy atom. The second-order valence-corrected chi connectivity index (χ2v) is 10.1. The lowest BCUT2D eigenvalue weighted by molar-refractivity contribution is 0.0731. The van der Waals surface area contributed by atoms with E-state index in [2.05, 4.69) is 10.3 Å². The SMILES string of the molecule is COc1ccc(CNc2nc3c(c(=O)n2-c2ccc4ncoc4c2)CCN(C(=O)c2ccc(Cl)c(Cl)c2)C3)cc1. The summed E-state index contributed by atoms with van der Waals surface area (Å²) in [5.41, 5.74) is 4.13. The number of benzene rings is 3. The number of amides is 1. The number of nitrogens with zero attached hydrogens (tertiary/aromatic N) is 4. The number of hydrogen-bond acceptors (Lipinski definition) is 7. The molecule has 0 spiro atoms. The molecule has 1 N–H and O–H groups in total. The van der Waals surface area contributed by atoms with Gasteiger partial charge in [0.05, 0.1) is 35.1 Å². The van der Waals surface area contributed by atoms with E-state index >= 15 is 0 Å². The van der Waals surface area contributed by atoms with Crippen LogP contribution < -0.4 is 15.6 Å². The van der Waals surface area contributed by atoms with Gasteiger partial charge >= 0.3 is 0 Å². The molecule has 1 aliphatic rings. The van der Waals surface area contributed by atoms with Crippen LogP contribution in [0.15, 0.2) is 76.3 Å². The summed E-state index contributed by atoms with van der Waals surface area (Å²) in [6.45, 7) is 0.956. The van der Waals surface area contributed by atoms with Gasteiger partial charge in [-0.2, -0.15) is 0 Å². The minimum atomic E-state index is -0.210. The molecule has 0 aliphatic carbocycles. The molecule has 0 radical (unpaired) electrons. The summed E-state index contributed by atoms with van der Waals surface area (Å²) >= 11 is 12.2. The van der Waals surface area contributed by atoms with Crippen molar-refractivity contribution >= 4 is 46.2 Å². The van der Waals surface area contributed by atoms with Gasteiger partial charge in [0.2, 0.25) is 5.95 Å². The summed E-state index contributed by atoms with van der Waals surface area (Å²) in [6.07, 6.45) is 1.72. The van der Waals surface area contributed by atoms with Crippen molar-refractivity contribution in [3.63, 3.8) is 0 Å². The maximum Gasteiger partial charge on any atom is 0.263 e. The zero-order valence-corrected chi connectivity index (χ0v) is 22.9. The fraction of sp³-hybridized carbons (Fsp3) is 0.172. The Morgan fingerprint density at radius 2 is 1.90 bits per heavy atom. The van der Waals surface area contributed by atoms with E-state index in [0.717, 1.165) is 11.3 Å². The number of anilines is 1. The van der Waals surface area contributed by atoms with Gasteiger partial charge in [-0.05, 0) is 54.4 Å². The molecule has 0 saturated carbocycles. The molecule has 1 amide bonds. The van der Waals surface area contributed by atoms with Crippen LogP contribution in [0, 0.1) is 0 Å². The Balaban J connectivity index is 1.37. The molecule has 11 heteroatoms. The van der Waals surface area contributed by atoms with E-state index in [-0.39, 0.29) is 18.0 Å². The average Bonchev–Trinajstić information content (AvgIpc) is 3.45. The summed E-state index contributed by atoms with van der Waals surface area (Å²) in [6, 6.07) is 17.8. The lowest BCUT2D eigenvalue weighted by Crippen LogP contribution is -2.40. The van der Waals surface area contributed by atoms with Crippen LogP contribution in [-0.4, -0.2) is 39.0 Å². The van der Waals surface area contributed by atoms with Crippen LogP contribution in [0.2, 0.25) is 10.0 Å². The van der Waals surface area contributed by atoms with E-state index in [9.17, 15) is 9.59 Å². The summed E-state index contributed by atoms with van der Waals surface area (Å²) in [7, 11) is 1.61. The molecule has 3 heterocycles. The van der Waals surface area contributed by atoms with Gasteiger partial charge in [-0.1, -0.05) is 35.3 Å². The first-order valence-corrected chi connectivity index (χ1v) is 13.3. The number of nitrogens with one attached hydrogen (secondary N) is 1. The predicted octanol–water partition coefficient (Wildman–Crippen LogP) is 5.50. The molecule has 0 fully saturated rings. The quantitative estimate of drug-likeness (QED) is 0.285. The number of carbonyl (C=O) groups excluding carboxylic acids is 1. The second kappa shape index (κ2) is 10.7. The molecule has 0 atom stereocenters. The molecular weight excluding hydrogens is 553 g/mol. The highest BCUT2D eigenvalue weighted by molar-refractivity contribution is 6.42. The van der Waals surface area contributed by atoms with Crippen molar-refractivity contribution in [3.8, 4) is 11.4 Å². The highest BCUT2D eigenvalue weighted by Gasteiger charge is 2.27. The maximum absolute atomic E-state index is 13.9. The van der Waals surface area contributed by atoms with Gasteiger partial charge in [-0.3, -0.25) is 9.59 Å². The van der Waals surface area contributed by atoms with Crippen LogP contribution in [0.4, 0.5) is 5.95 Å². The Hall–Kier alpha value is -4.34. The van der Waals surface area contributed by atoms with Crippen molar-refractivity contribution < 1.29 is 13.9 Å². The molecule has 0 bridgehead atoms. The Bertz CT molecular complexity index is 1800. The first-order chi connectivity index (χ1) is 19.4. The normalized spacial score (nSPS) is 12.8. The zero-order valence-electron chi connectivity index (χ0n) is 21.4. The van der Waals surface area contributed by atoms with Gasteiger partial charge in [0, 0.05) is 30.3 Å². The number of fused-ring (bicyclic) bond motifs is 2.